The van der Waals surface area contributed by atoms with Gasteiger partial charge in [0.15, 0.2) is 0 Å². The highest BCUT2D eigenvalue weighted by molar-refractivity contribution is 6.00. The summed E-state index contributed by atoms with van der Waals surface area (Å²) in [5.74, 6) is 0.0723. The van der Waals surface area contributed by atoms with Crippen LogP contribution in [0.4, 0.5) is 0 Å². The van der Waals surface area contributed by atoms with E-state index in [0.29, 0.717) is 19.4 Å². The second-order valence-electron chi connectivity index (χ2n) is 4.85. The molecule has 0 aliphatic carbocycles. The van der Waals surface area contributed by atoms with Crippen LogP contribution in [0, 0.1) is 0 Å². The monoisotopic (exact) mass is 307 g/mol. The number of benzene rings is 1. The minimum Gasteiger partial charge on any atom is -0.494 e. The minimum absolute atomic E-state index is 0.178. The third kappa shape index (κ3) is 5.48. The fourth-order valence-corrected chi connectivity index (χ4v) is 2.21. The summed E-state index contributed by atoms with van der Waals surface area (Å²) in [4.78, 5) is 22.9. The molecule has 22 heavy (non-hydrogen) atoms. The summed E-state index contributed by atoms with van der Waals surface area (Å²) < 4.78 is 5.53. The van der Waals surface area contributed by atoms with Crippen molar-refractivity contribution < 1.29 is 19.4 Å². The van der Waals surface area contributed by atoms with Crippen molar-refractivity contribution in [3.63, 3.8) is 0 Å². The first kappa shape index (κ1) is 18.2. The van der Waals surface area contributed by atoms with Crippen molar-refractivity contribution in [2.45, 2.75) is 45.4 Å². The Labute approximate surface area is 131 Å². The van der Waals surface area contributed by atoms with Gasteiger partial charge in [-0.05, 0) is 37.0 Å². The van der Waals surface area contributed by atoms with Gasteiger partial charge in [0.25, 0.3) is 0 Å². The Balaban J connectivity index is 0.00000116. The van der Waals surface area contributed by atoms with E-state index >= 15 is 0 Å². The second kappa shape index (κ2) is 9.95. The highest BCUT2D eigenvalue weighted by atomic mass is 16.5. The molecule has 122 valence electrons. The molecule has 1 aromatic rings. The molecule has 0 bridgehead atoms. The van der Waals surface area contributed by atoms with Crippen LogP contribution >= 0.6 is 0 Å². The van der Waals surface area contributed by atoms with E-state index in [1.54, 1.807) is 0 Å². The minimum atomic E-state index is -0.254. The molecule has 1 fully saturated rings. The van der Waals surface area contributed by atoms with Crippen molar-refractivity contribution >= 4 is 11.8 Å². The third-order valence-corrected chi connectivity index (χ3v) is 3.34. The molecule has 1 heterocycles. The van der Waals surface area contributed by atoms with E-state index in [1.165, 1.54) is 0 Å². The first-order valence-corrected chi connectivity index (χ1v) is 7.88. The smallest absolute Gasteiger partial charge is 0.234 e. The van der Waals surface area contributed by atoms with Gasteiger partial charge in [0, 0.05) is 13.0 Å². The van der Waals surface area contributed by atoms with E-state index in [-0.39, 0.29) is 24.3 Å². The number of hydrogen-bond donors (Lipinski definition) is 2. The standard InChI is InChI=1S/C15H19NO4.C2H6/c17-9-1-2-10-20-12-5-3-11(4-6-12)13-7-8-14(18)16-15(13)19;1-2/h3-6,13,17H,1-2,7-10H2,(H,16,18,19);1-2H3. The van der Waals surface area contributed by atoms with Crippen molar-refractivity contribution in [3.8, 4) is 5.75 Å². The van der Waals surface area contributed by atoms with Gasteiger partial charge in [-0.1, -0.05) is 26.0 Å². The molecule has 0 spiro atoms. The molecule has 1 unspecified atom stereocenters. The maximum atomic E-state index is 11.7. The summed E-state index contributed by atoms with van der Waals surface area (Å²) in [6.45, 7) is 4.75. The molecular weight excluding hydrogens is 282 g/mol. The van der Waals surface area contributed by atoms with E-state index in [9.17, 15) is 9.59 Å². The number of rotatable bonds is 6. The molecule has 1 atom stereocenters. The molecule has 2 rings (SSSR count). The molecule has 1 saturated heterocycles. The Bertz CT molecular complexity index is 470. The Kier molecular flexibility index (Phi) is 8.22. The molecule has 1 aromatic carbocycles. The largest absolute Gasteiger partial charge is 0.494 e. The predicted octanol–water partition coefficient (Wildman–Crippen LogP) is 2.38. The number of aliphatic hydroxyl groups is 1. The molecular formula is C17H25NO4. The Morgan fingerprint density at radius 1 is 1.18 bits per heavy atom. The zero-order chi connectivity index (χ0) is 16.4. The van der Waals surface area contributed by atoms with E-state index in [1.807, 2.05) is 38.1 Å². The van der Waals surface area contributed by atoms with E-state index in [0.717, 1.165) is 24.2 Å². The fraction of sp³-hybridized carbons (Fsp3) is 0.529. The van der Waals surface area contributed by atoms with Crippen LogP contribution in [-0.4, -0.2) is 30.1 Å². The van der Waals surface area contributed by atoms with Crippen LogP contribution in [0.5, 0.6) is 5.75 Å². The van der Waals surface area contributed by atoms with Gasteiger partial charge in [-0.2, -0.15) is 0 Å². The number of unbranched alkanes of at least 4 members (excludes halogenated alkanes) is 1. The molecule has 5 heteroatoms. The Morgan fingerprint density at radius 3 is 2.45 bits per heavy atom. The zero-order valence-corrected chi connectivity index (χ0v) is 13.3. The topological polar surface area (TPSA) is 75.6 Å². The van der Waals surface area contributed by atoms with Gasteiger partial charge in [0.05, 0.1) is 12.5 Å². The molecule has 2 amide bonds. The van der Waals surface area contributed by atoms with Gasteiger partial charge < -0.3 is 9.84 Å². The number of aliphatic hydroxyl groups excluding tert-OH is 1. The first-order chi connectivity index (χ1) is 10.7. The number of amides is 2. The average molecular weight is 307 g/mol. The van der Waals surface area contributed by atoms with Crippen LogP contribution in [0.15, 0.2) is 24.3 Å². The average Bonchev–Trinajstić information content (AvgIpc) is 2.54. The molecule has 0 aromatic heterocycles. The molecule has 5 nitrogen and oxygen atoms in total. The molecule has 0 radical (unpaired) electrons. The molecule has 2 N–H and O–H groups in total. The van der Waals surface area contributed by atoms with Crippen LogP contribution in [-0.2, 0) is 9.59 Å². The highest BCUT2D eigenvalue weighted by Gasteiger charge is 2.27. The number of carbonyl (C=O) groups is 2. The summed E-state index contributed by atoms with van der Waals surface area (Å²) in [5.41, 5.74) is 0.901. The van der Waals surface area contributed by atoms with Gasteiger partial charge >= 0.3 is 0 Å². The van der Waals surface area contributed by atoms with Crippen molar-refractivity contribution in [1.29, 1.82) is 0 Å². The van der Waals surface area contributed by atoms with Crippen molar-refractivity contribution in [2.75, 3.05) is 13.2 Å². The SMILES string of the molecule is CC.O=C1CCC(c2ccc(OCCCCO)cc2)C(=O)N1. The van der Waals surface area contributed by atoms with Crippen molar-refractivity contribution in [1.82, 2.24) is 5.32 Å². The quantitative estimate of drug-likeness (QED) is 0.625. The second-order valence-corrected chi connectivity index (χ2v) is 4.85. The lowest BCUT2D eigenvalue weighted by Crippen LogP contribution is -2.39. The van der Waals surface area contributed by atoms with E-state index in [4.69, 9.17) is 9.84 Å². The first-order valence-electron chi connectivity index (χ1n) is 7.88. The normalized spacial score (nSPS) is 17.3. The number of piperidine rings is 1. The van der Waals surface area contributed by atoms with Gasteiger partial charge in [0.2, 0.25) is 11.8 Å². The van der Waals surface area contributed by atoms with Gasteiger partial charge in [-0.25, -0.2) is 0 Å². The van der Waals surface area contributed by atoms with Gasteiger partial charge in [0.1, 0.15) is 5.75 Å². The van der Waals surface area contributed by atoms with Crippen LogP contribution in [0.2, 0.25) is 0 Å². The summed E-state index contributed by atoms with van der Waals surface area (Å²) in [7, 11) is 0. The molecule has 1 aliphatic heterocycles. The van der Waals surface area contributed by atoms with Crippen molar-refractivity contribution in [3.05, 3.63) is 29.8 Å². The van der Waals surface area contributed by atoms with E-state index in [2.05, 4.69) is 5.32 Å². The molecule has 1 aliphatic rings. The maximum absolute atomic E-state index is 11.7. The van der Waals surface area contributed by atoms with Gasteiger partial charge in [-0.3, -0.25) is 14.9 Å². The van der Waals surface area contributed by atoms with E-state index < -0.39 is 0 Å². The van der Waals surface area contributed by atoms with Gasteiger partial charge in [-0.15, -0.1) is 0 Å². The van der Waals surface area contributed by atoms with Crippen LogP contribution in [0.25, 0.3) is 0 Å². The lowest BCUT2D eigenvalue weighted by atomic mass is 9.90. The van der Waals surface area contributed by atoms with Crippen LogP contribution in [0.3, 0.4) is 0 Å². The summed E-state index contributed by atoms with van der Waals surface area (Å²) in [6.07, 6.45) is 2.48. The Hall–Kier alpha value is -1.88. The lowest BCUT2D eigenvalue weighted by Gasteiger charge is -2.21. The number of carbonyl (C=O) groups excluding carboxylic acids is 2. The van der Waals surface area contributed by atoms with Crippen molar-refractivity contribution in [2.24, 2.45) is 0 Å². The fourth-order valence-electron chi connectivity index (χ4n) is 2.21. The summed E-state index contributed by atoms with van der Waals surface area (Å²) in [6, 6.07) is 7.39. The number of imide groups is 1. The molecule has 0 saturated carbocycles. The number of nitrogens with one attached hydrogen (secondary N) is 1. The van der Waals surface area contributed by atoms with Crippen LogP contribution in [0.1, 0.15) is 51.0 Å². The number of ether oxygens (including phenoxy) is 1. The Morgan fingerprint density at radius 2 is 1.86 bits per heavy atom. The maximum Gasteiger partial charge on any atom is 0.234 e. The summed E-state index contributed by atoms with van der Waals surface area (Å²) in [5, 5.41) is 11.0. The highest BCUT2D eigenvalue weighted by Crippen LogP contribution is 2.26. The lowest BCUT2D eigenvalue weighted by molar-refractivity contribution is -0.134. The van der Waals surface area contributed by atoms with Crippen LogP contribution < -0.4 is 10.1 Å². The predicted molar refractivity (Wildman–Crippen MR) is 84.7 cm³/mol. The number of hydrogen-bond acceptors (Lipinski definition) is 4. The summed E-state index contributed by atoms with van der Waals surface area (Å²) >= 11 is 0. The zero-order valence-electron chi connectivity index (χ0n) is 13.3. The third-order valence-electron chi connectivity index (χ3n) is 3.34.